The molecule has 0 atom stereocenters. The molecule has 0 aliphatic carbocycles. The summed E-state index contributed by atoms with van der Waals surface area (Å²) >= 11 is 0. The lowest BCUT2D eigenvalue weighted by molar-refractivity contribution is 0.378. The van der Waals surface area contributed by atoms with Gasteiger partial charge in [-0.3, -0.25) is 0 Å². The third kappa shape index (κ3) is 1.37. The fourth-order valence-electron chi connectivity index (χ4n) is 1.59. The van der Waals surface area contributed by atoms with Crippen molar-refractivity contribution in [3.63, 3.8) is 0 Å². The molecular formula is C11H15N3O. The van der Waals surface area contributed by atoms with Crippen molar-refractivity contribution in [2.75, 3.05) is 5.73 Å². The summed E-state index contributed by atoms with van der Waals surface area (Å²) in [6.45, 7) is 7.99. The zero-order chi connectivity index (χ0) is 11.2. The monoisotopic (exact) mass is 205 g/mol. The van der Waals surface area contributed by atoms with Crippen molar-refractivity contribution in [1.82, 2.24) is 10.1 Å². The van der Waals surface area contributed by atoms with E-state index in [0.29, 0.717) is 11.2 Å². The predicted molar refractivity (Wildman–Crippen MR) is 59.8 cm³/mol. The number of aromatic nitrogens is 2. The van der Waals surface area contributed by atoms with Crippen LogP contribution in [0.1, 0.15) is 36.8 Å². The summed E-state index contributed by atoms with van der Waals surface area (Å²) in [7, 11) is 0. The first-order valence-electron chi connectivity index (χ1n) is 5.04. The first kappa shape index (κ1) is 9.96. The van der Waals surface area contributed by atoms with Crippen molar-refractivity contribution >= 4 is 16.7 Å². The Balaban J connectivity index is 2.83. The SMILES string of the molecule is Cc1nc2c(C(C)C)onc2c(N)c1C. The average Bonchev–Trinajstić information content (AvgIpc) is 2.58. The van der Waals surface area contributed by atoms with Crippen molar-refractivity contribution in [1.29, 1.82) is 0 Å². The largest absolute Gasteiger partial charge is 0.397 e. The number of pyridine rings is 1. The maximum Gasteiger partial charge on any atom is 0.165 e. The Labute approximate surface area is 88.5 Å². The van der Waals surface area contributed by atoms with Crippen LogP contribution in [0.25, 0.3) is 11.0 Å². The lowest BCUT2D eigenvalue weighted by Crippen LogP contribution is -1.97. The molecule has 0 amide bonds. The van der Waals surface area contributed by atoms with E-state index in [1.807, 2.05) is 27.7 Å². The minimum absolute atomic E-state index is 0.268. The van der Waals surface area contributed by atoms with E-state index >= 15 is 0 Å². The summed E-state index contributed by atoms with van der Waals surface area (Å²) < 4.78 is 5.27. The maximum absolute atomic E-state index is 5.97. The highest BCUT2D eigenvalue weighted by atomic mass is 16.5. The number of nitrogen functional groups attached to an aromatic ring is 1. The van der Waals surface area contributed by atoms with Gasteiger partial charge in [0.25, 0.3) is 0 Å². The molecule has 0 bridgehead atoms. The lowest BCUT2D eigenvalue weighted by atomic mass is 10.1. The molecule has 0 fully saturated rings. The highest BCUT2D eigenvalue weighted by molar-refractivity contribution is 5.89. The zero-order valence-electron chi connectivity index (χ0n) is 9.46. The summed E-state index contributed by atoms with van der Waals surface area (Å²) in [4.78, 5) is 4.48. The van der Waals surface area contributed by atoms with E-state index in [9.17, 15) is 0 Å². The number of anilines is 1. The fourth-order valence-corrected chi connectivity index (χ4v) is 1.59. The number of nitrogens with zero attached hydrogens (tertiary/aromatic N) is 2. The average molecular weight is 205 g/mol. The van der Waals surface area contributed by atoms with E-state index in [-0.39, 0.29) is 5.92 Å². The maximum atomic E-state index is 5.97. The second kappa shape index (κ2) is 3.22. The summed E-state index contributed by atoms with van der Waals surface area (Å²) in [6.07, 6.45) is 0. The van der Waals surface area contributed by atoms with Crippen LogP contribution in [0.3, 0.4) is 0 Å². The van der Waals surface area contributed by atoms with E-state index in [2.05, 4.69) is 10.1 Å². The van der Waals surface area contributed by atoms with Gasteiger partial charge >= 0.3 is 0 Å². The van der Waals surface area contributed by atoms with Crippen LogP contribution in [0.2, 0.25) is 0 Å². The van der Waals surface area contributed by atoms with Crippen molar-refractivity contribution in [3.05, 3.63) is 17.0 Å². The zero-order valence-corrected chi connectivity index (χ0v) is 9.46. The molecule has 0 unspecified atom stereocenters. The molecule has 0 aliphatic rings. The minimum atomic E-state index is 0.268. The van der Waals surface area contributed by atoms with Crippen LogP contribution in [-0.4, -0.2) is 10.1 Å². The Hall–Kier alpha value is -1.58. The molecule has 2 aromatic rings. The Kier molecular flexibility index (Phi) is 2.14. The molecule has 0 saturated heterocycles. The van der Waals surface area contributed by atoms with Crippen molar-refractivity contribution in [2.45, 2.75) is 33.6 Å². The van der Waals surface area contributed by atoms with Gasteiger partial charge in [0.1, 0.15) is 5.52 Å². The second-order valence-electron chi connectivity index (χ2n) is 4.13. The molecule has 0 spiro atoms. The standard InChI is InChI=1S/C11H15N3O/c1-5(2)11-10-9(14-15-11)8(12)6(3)7(4)13-10/h5H,12H2,1-4H3. The molecule has 4 nitrogen and oxygen atoms in total. The predicted octanol–water partition coefficient (Wildman–Crippen LogP) is 2.55. The quantitative estimate of drug-likeness (QED) is 0.777. The number of rotatable bonds is 1. The highest BCUT2D eigenvalue weighted by Gasteiger charge is 2.17. The summed E-state index contributed by atoms with van der Waals surface area (Å²) in [5, 5.41) is 3.98. The number of aryl methyl sites for hydroxylation is 1. The number of hydrogen-bond donors (Lipinski definition) is 1. The Morgan fingerprint density at radius 1 is 1.20 bits per heavy atom. The molecule has 0 aromatic carbocycles. The van der Waals surface area contributed by atoms with Gasteiger partial charge in [-0.25, -0.2) is 4.98 Å². The molecule has 2 N–H and O–H groups in total. The van der Waals surface area contributed by atoms with E-state index in [1.54, 1.807) is 0 Å². The topological polar surface area (TPSA) is 64.9 Å². The Morgan fingerprint density at radius 3 is 2.47 bits per heavy atom. The molecule has 2 aromatic heterocycles. The molecule has 0 aliphatic heterocycles. The van der Waals surface area contributed by atoms with Gasteiger partial charge < -0.3 is 10.3 Å². The first-order chi connectivity index (χ1) is 7.02. The molecule has 2 heterocycles. The molecule has 0 radical (unpaired) electrons. The normalized spacial score (nSPS) is 11.5. The number of fused-ring (bicyclic) bond motifs is 1. The third-order valence-corrected chi connectivity index (χ3v) is 2.70. The van der Waals surface area contributed by atoms with Gasteiger partial charge in [0.05, 0.1) is 5.69 Å². The van der Waals surface area contributed by atoms with Crippen molar-refractivity contribution < 1.29 is 4.52 Å². The van der Waals surface area contributed by atoms with E-state index in [0.717, 1.165) is 22.5 Å². The molecule has 2 rings (SSSR count). The van der Waals surface area contributed by atoms with Crippen LogP contribution in [0.15, 0.2) is 4.52 Å². The van der Waals surface area contributed by atoms with Crippen LogP contribution in [0.5, 0.6) is 0 Å². The lowest BCUT2D eigenvalue weighted by Gasteiger charge is -2.04. The highest BCUT2D eigenvalue weighted by Crippen LogP contribution is 2.29. The summed E-state index contributed by atoms with van der Waals surface area (Å²) in [5.41, 5.74) is 10.0. The van der Waals surface area contributed by atoms with Gasteiger partial charge in [0, 0.05) is 11.6 Å². The van der Waals surface area contributed by atoms with E-state index in [4.69, 9.17) is 10.3 Å². The molecule has 4 heteroatoms. The Morgan fingerprint density at radius 2 is 1.87 bits per heavy atom. The van der Waals surface area contributed by atoms with Crippen LogP contribution < -0.4 is 5.73 Å². The van der Waals surface area contributed by atoms with Crippen LogP contribution in [-0.2, 0) is 0 Å². The fraction of sp³-hybridized carbons (Fsp3) is 0.455. The van der Waals surface area contributed by atoms with Crippen LogP contribution >= 0.6 is 0 Å². The molecule has 80 valence electrons. The van der Waals surface area contributed by atoms with Gasteiger partial charge in [-0.2, -0.15) is 0 Å². The molecule has 15 heavy (non-hydrogen) atoms. The van der Waals surface area contributed by atoms with Gasteiger partial charge in [-0.15, -0.1) is 0 Å². The van der Waals surface area contributed by atoms with Crippen LogP contribution in [0.4, 0.5) is 5.69 Å². The van der Waals surface area contributed by atoms with Gasteiger partial charge in [0.2, 0.25) is 0 Å². The first-order valence-corrected chi connectivity index (χ1v) is 5.04. The van der Waals surface area contributed by atoms with Gasteiger partial charge in [-0.1, -0.05) is 19.0 Å². The number of nitrogens with two attached hydrogens (primary N) is 1. The molecule has 0 saturated carbocycles. The second-order valence-corrected chi connectivity index (χ2v) is 4.13. The third-order valence-electron chi connectivity index (χ3n) is 2.70. The van der Waals surface area contributed by atoms with E-state index in [1.165, 1.54) is 0 Å². The summed E-state index contributed by atoms with van der Waals surface area (Å²) in [5.74, 6) is 1.07. The van der Waals surface area contributed by atoms with Crippen LogP contribution in [0, 0.1) is 13.8 Å². The van der Waals surface area contributed by atoms with Gasteiger partial charge in [-0.05, 0) is 19.4 Å². The van der Waals surface area contributed by atoms with Gasteiger partial charge in [0.15, 0.2) is 11.3 Å². The Bertz CT molecular complexity index is 514. The van der Waals surface area contributed by atoms with Crippen molar-refractivity contribution in [3.8, 4) is 0 Å². The van der Waals surface area contributed by atoms with Crippen molar-refractivity contribution in [2.24, 2.45) is 0 Å². The van der Waals surface area contributed by atoms with E-state index < -0.39 is 0 Å². The number of hydrogen-bond acceptors (Lipinski definition) is 4. The smallest absolute Gasteiger partial charge is 0.165 e. The minimum Gasteiger partial charge on any atom is -0.397 e. The summed E-state index contributed by atoms with van der Waals surface area (Å²) in [6, 6.07) is 0. The molecular weight excluding hydrogens is 190 g/mol.